The molecular formula is C13H24N2O. The Kier molecular flexibility index (Phi) is 4.22. The Bertz CT molecular complexity index is 232. The van der Waals surface area contributed by atoms with E-state index in [1.54, 1.807) is 0 Å². The number of nitrogens with zero attached hydrogens (tertiary/aromatic N) is 1. The molecule has 0 aromatic carbocycles. The first-order valence-corrected chi connectivity index (χ1v) is 6.81. The van der Waals surface area contributed by atoms with Crippen molar-refractivity contribution in [3.05, 3.63) is 0 Å². The predicted molar refractivity (Wildman–Crippen MR) is 65.2 cm³/mol. The topological polar surface area (TPSA) is 32.3 Å². The van der Waals surface area contributed by atoms with Gasteiger partial charge in [-0.15, -0.1) is 0 Å². The van der Waals surface area contributed by atoms with Crippen molar-refractivity contribution in [2.45, 2.75) is 51.5 Å². The number of piperidine rings is 1. The van der Waals surface area contributed by atoms with E-state index in [-0.39, 0.29) is 0 Å². The van der Waals surface area contributed by atoms with Gasteiger partial charge in [0.15, 0.2) is 0 Å². The fraction of sp³-hybridized carbons (Fsp3) is 0.923. The third-order valence-corrected chi connectivity index (χ3v) is 4.10. The van der Waals surface area contributed by atoms with Crippen LogP contribution in [0.4, 0.5) is 0 Å². The van der Waals surface area contributed by atoms with Crippen LogP contribution < -0.4 is 5.32 Å². The maximum absolute atomic E-state index is 12.2. The second-order valence-corrected chi connectivity index (χ2v) is 5.16. The lowest BCUT2D eigenvalue weighted by Crippen LogP contribution is -2.46. The van der Waals surface area contributed by atoms with Crippen LogP contribution in [-0.4, -0.2) is 36.5 Å². The molecule has 0 atom stereocenters. The van der Waals surface area contributed by atoms with Crippen LogP contribution in [0.5, 0.6) is 0 Å². The summed E-state index contributed by atoms with van der Waals surface area (Å²) >= 11 is 0. The minimum Gasteiger partial charge on any atom is -0.340 e. The molecular weight excluding hydrogens is 200 g/mol. The van der Waals surface area contributed by atoms with E-state index in [4.69, 9.17) is 0 Å². The van der Waals surface area contributed by atoms with E-state index >= 15 is 0 Å². The van der Waals surface area contributed by atoms with Gasteiger partial charge >= 0.3 is 0 Å². The average molecular weight is 224 g/mol. The van der Waals surface area contributed by atoms with Gasteiger partial charge in [0.25, 0.3) is 0 Å². The van der Waals surface area contributed by atoms with Crippen molar-refractivity contribution in [3.8, 4) is 0 Å². The zero-order valence-electron chi connectivity index (χ0n) is 10.4. The van der Waals surface area contributed by atoms with Crippen LogP contribution in [0, 0.1) is 5.92 Å². The number of amides is 1. The molecule has 1 N–H and O–H groups in total. The Morgan fingerprint density at radius 2 is 1.94 bits per heavy atom. The molecule has 3 nitrogen and oxygen atoms in total. The SMILES string of the molecule is CCN(C(=O)CC1CCC1)C1CCNCC1. The van der Waals surface area contributed by atoms with Crippen molar-refractivity contribution in [2.24, 2.45) is 5.92 Å². The molecule has 1 saturated carbocycles. The summed E-state index contributed by atoms with van der Waals surface area (Å²) in [6.45, 7) is 5.13. The van der Waals surface area contributed by atoms with E-state index in [0.29, 0.717) is 17.9 Å². The van der Waals surface area contributed by atoms with Gasteiger partial charge in [0.05, 0.1) is 0 Å². The van der Waals surface area contributed by atoms with Gasteiger partial charge in [0, 0.05) is 19.0 Å². The standard InChI is InChI=1S/C13H24N2O/c1-2-15(12-6-8-14-9-7-12)13(16)10-11-4-3-5-11/h11-12,14H,2-10H2,1H3. The van der Waals surface area contributed by atoms with Crippen LogP contribution >= 0.6 is 0 Å². The molecule has 0 unspecified atom stereocenters. The Labute approximate surface area is 98.6 Å². The summed E-state index contributed by atoms with van der Waals surface area (Å²) in [7, 11) is 0. The Balaban J connectivity index is 1.83. The molecule has 0 bridgehead atoms. The zero-order valence-corrected chi connectivity index (χ0v) is 10.4. The normalized spacial score (nSPS) is 22.8. The van der Waals surface area contributed by atoms with Gasteiger partial charge in [0.2, 0.25) is 5.91 Å². The third kappa shape index (κ3) is 2.76. The maximum Gasteiger partial charge on any atom is 0.223 e. The van der Waals surface area contributed by atoms with Gasteiger partial charge in [-0.3, -0.25) is 4.79 Å². The highest BCUT2D eigenvalue weighted by Crippen LogP contribution is 2.30. The number of rotatable bonds is 4. The number of carbonyl (C=O) groups is 1. The van der Waals surface area contributed by atoms with Crippen molar-refractivity contribution in [1.29, 1.82) is 0 Å². The van der Waals surface area contributed by atoms with Crippen LogP contribution in [0.25, 0.3) is 0 Å². The summed E-state index contributed by atoms with van der Waals surface area (Å²) in [6.07, 6.45) is 6.94. The highest BCUT2D eigenvalue weighted by atomic mass is 16.2. The fourth-order valence-corrected chi connectivity index (χ4v) is 2.82. The second-order valence-electron chi connectivity index (χ2n) is 5.16. The lowest BCUT2D eigenvalue weighted by molar-refractivity contribution is -0.135. The van der Waals surface area contributed by atoms with Crippen LogP contribution in [0.2, 0.25) is 0 Å². The molecule has 1 amide bonds. The summed E-state index contributed by atoms with van der Waals surface area (Å²) in [5.41, 5.74) is 0. The summed E-state index contributed by atoms with van der Waals surface area (Å²) in [4.78, 5) is 14.3. The lowest BCUT2D eigenvalue weighted by Gasteiger charge is -2.36. The lowest BCUT2D eigenvalue weighted by atomic mass is 9.82. The molecule has 0 aromatic heterocycles. The molecule has 92 valence electrons. The molecule has 1 aliphatic heterocycles. The fourth-order valence-electron chi connectivity index (χ4n) is 2.82. The first kappa shape index (κ1) is 11.9. The molecule has 2 rings (SSSR count). The van der Waals surface area contributed by atoms with Crippen molar-refractivity contribution in [1.82, 2.24) is 10.2 Å². The molecule has 1 heterocycles. The molecule has 0 radical (unpaired) electrons. The largest absolute Gasteiger partial charge is 0.340 e. The van der Waals surface area contributed by atoms with E-state index in [1.807, 2.05) is 0 Å². The van der Waals surface area contributed by atoms with E-state index < -0.39 is 0 Å². The van der Waals surface area contributed by atoms with Crippen LogP contribution in [0.1, 0.15) is 45.4 Å². The van der Waals surface area contributed by atoms with Gasteiger partial charge in [-0.05, 0) is 51.6 Å². The van der Waals surface area contributed by atoms with E-state index in [9.17, 15) is 4.79 Å². The molecule has 16 heavy (non-hydrogen) atoms. The van der Waals surface area contributed by atoms with E-state index in [2.05, 4.69) is 17.1 Å². The number of nitrogens with one attached hydrogen (secondary N) is 1. The third-order valence-electron chi connectivity index (χ3n) is 4.10. The summed E-state index contributed by atoms with van der Waals surface area (Å²) in [5, 5.41) is 3.36. The van der Waals surface area contributed by atoms with Gasteiger partial charge in [0.1, 0.15) is 0 Å². The highest BCUT2D eigenvalue weighted by Gasteiger charge is 2.27. The molecule has 2 aliphatic rings. The predicted octanol–water partition coefficient (Wildman–Crippen LogP) is 1.78. The summed E-state index contributed by atoms with van der Waals surface area (Å²) in [6, 6.07) is 0.499. The Morgan fingerprint density at radius 1 is 1.25 bits per heavy atom. The number of carbonyl (C=O) groups excluding carboxylic acids is 1. The summed E-state index contributed by atoms with van der Waals surface area (Å²) in [5.74, 6) is 1.10. The maximum atomic E-state index is 12.2. The minimum atomic E-state index is 0.402. The van der Waals surface area contributed by atoms with Crippen LogP contribution in [0.3, 0.4) is 0 Å². The number of hydrogen-bond donors (Lipinski definition) is 1. The van der Waals surface area contributed by atoms with E-state index in [0.717, 1.165) is 38.9 Å². The Morgan fingerprint density at radius 3 is 2.44 bits per heavy atom. The molecule has 0 spiro atoms. The zero-order chi connectivity index (χ0) is 11.4. The first-order chi connectivity index (χ1) is 7.81. The second kappa shape index (κ2) is 5.67. The molecule has 1 aliphatic carbocycles. The van der Waals surface area contributed by atoms with Crippen LogP contribution in [0.15, 0.2) is 0 Å². The number of hydrogen-bond acceptors (Lipinski definition) is 2. The van der Waals surface area contributed by atoms with Gasteiger partial charge in [-0.25, -0.2) is 0 Å². The first-order valence-electron chi connectivity index (χ1n) is 6.81. The summed E-state index contributed by atoms with van der Waals surface area (Å²) < 4.78 is 0. The minimum absolute atomic E-state index is 0.402. The molecule has 0 aromatic rings. The molecule has 1 saturated heterocycles. The highest BCUT2D eigenvalue weighted by molar-refractivity contribution is 5.76. The quantitative estimate of drug-likeness (QED) is 0.789. The average Bonchev–Trinajstić information content (AvgIpc) is 2.26. The van der Waals surface area contributed by atoms with Crippen molar-refractivity contribution >= 4 is 5.91 Å². The van der Waals surface area contributed by atoms with Crippen molar-refractivity contribution in [3.63, 3.8) is 0 Å². The monoisotopic (exact) mass is 224 g/mol. The van der Waals surface area contributed by atoms with Gasteiger partial charge in [-0.2, -0.15) is 0 Å². The van der Waals surface area contributed by atoms with Crippen LogP contribution in [-0.2, 0) is 4.79 Å². The van der Waals surface area contributed by atoms with Gasteiger partial charge in [-0.1, -0.05) is 6.42 Å². The van der Waals surface area contributed by atoms with E-state index in [1.165, 1.54) is 19.3 Å². The molecule has 3 heteroatoms. The van der Waals surface area contributed by atoms with Crippen molar-refractivity contribution < 1.29 is 4.79 Å². The van der Waals surface area contributed by atoms with Crippen molar-refractivity contribution in [2.75, 3.05) is 19.6 Å². The molecule has 2 fully saturated rings. The van der Waals surface area contributed by atoms with Gasteiger partial charge < -0.3 is 10.2 Å². The smallest absolute Gasteiger partial charge is 0.223 e. The Hall–Kier alpha value is -0.570.